The maximum atomic E-state index is 13.3. The van der Waals surface area contributed by atoms with E-state index in [0.29, 0.717) is 12.8 Å². The van der Waals surface area contributed by atoms with Crippen molar-refractivity contribution in [1.29, 1.82) is 0 Å². The van der Waals surface area contributed by atoms with E-state index in [9.17, 15) is 19.8 Å². The van der Waals surface area contributed by atoms with E-state index in [1.165, 1.54) is 68.8 Å². The minimum absolute atomic E-state index is 0.0638. The SMILES string of the molecule is CCCCCCCCCCCCCCCC(Cl)(Cl)[C@]1(C(=O)O)/C(=C/CO)O[C@@H]2C(Cc3ccccc3)C(=O)N21. The van der Waals surface area contributed by atoms with Crippen LogP contribution in [0.2, 0.25) is 0 Å². The van der Waals surface area contributed by atoms with Crippen molar-refractivity contribution in [3.8, 4) is 0 Å². The standard InChI is InChI=1S/C31H45Cl2NO5/c1-2-3-4-5-6-7-8-9-10-11-12-13-17-21-30(32,33)31(29(37)38)26(20-22-35)39-28-25(27(36)34(28)31)23-24-18-15-14-16-19-24/h14-16,18-20,25,28,35H,2-13,17,21-23H2,1H3,(H,37,38)/b26-20-/t25?,28-,31-/m1/s1. The van der Waals surface area contributed by atoms with Gasteiger partial charge in [0.25, 0.3) is 0 Å². The molecule has 2 saturated heterocycles. The summed E-state index contributed by atoms with van der Waals surface area (Å²) in [6.45, 7) is 1.79. The number of amides is 1. The number of carboxylic acids is 1. The summed E-state index contributed by atoms with van der Waals surface area (Å²) < 4.78 is 4.18. The first-order chi connectivity index (χ1) is 18.8. The number of unbranched alkanes of at least 4 members (excludes halogenated alkanes) is 12. The van der Waals surface area contributed by atoms with Crippen molar-refractivity contribution in [1.82, 2.24) is 4.90 Å². The number of β-lactam (4-membered cyclic amide) rings is 1. The molecule has 0 aliphatic carbocycles. The zero-order chi connectivity index (χ0) is 28.3. The quantitative estimate of drug-likeness (QED) is 0.101. The monoisotopic (exact) mass is 581 g/mol. The normalized spacial score (nSPS) is 23.5. The van der Waals surface area contributed by atoms with E-state index in [1.54, 1.807) is 0 Å². The molecule has 1 amide bonds. The fraction of sp³-hybridized carbons (Fsp3) is 0.677. The molecule has 0 aromatic heterocycles. The topological polar surface area (TPSA) is 87.1 Å². The number of carbonyl (C=O) groups excluding carboxylic acids is 1. The molecule has 8 heteroatoms. The Morgan fingerprint density at radius 1 is 0.974 bits per heavy atom. The molecule has 1 aromatic rings. The molecular weight excluding hydrogens is 537 g/mol. The van der Waals surface area contributed by atoms with Crippen molar-refractivity contribution in [2.75, 3.05) is 6.61 Å². The van der Waals surface area contributed by atoms with Gasteiger partial charge in [-0.15, -0.1) is 0 Å². The number of aliphatic carboxylic acids is 1. The Bertz CT molecular complexity index is 954. The Morgan fingerprint density at radius 3 is 2.03 bits per heavy atom. The summed E-state index contributed by atoms with van der Waals surface area (Å²) in [7, 11) is 0. The highest BCUT2D eigenvalue weighted by molar-refractivity contribution is 6.51. The summed E-state index contributed by atoms with van der Waals surface area (Å²) in [4.78, 5) is 27.3. The summed E-state index contributed by atoms with van der Waals surface area (Å²) in [5.74, 6) is -2.32. The summed E-state index contributed by atoms with van der Waals surface area (Å²) in [6.07, 6.45) is 16.5. The minimum atomic E-state index is -2.08. The van der Waals surface area contributed by atoms with Crippen LogP contribution in [0.15, 0.2) is 42.2 Å². The smallest absolute Gasteiger partial charge is 0.340 e. The van der Waals surface area contributed by atoms with Crippen LogP contribution in [-0.4, -0.2) is 49.7 Å². The average Bonchev–Trinajstić information content (AvgIpc) is 3.23. The number of carboxylic acid groups (broad SMARTS) is 1. The maximum absolute atomic E-state index is 13.3. The van der Waals surface area contributed by atoms with Crippen LogP contribution < -0.4 is 0 Å². The van der Waals surface area contributed by atoms with Crippen molar-refractivity contribution in [2.45, 2.75) is 119 Å². The number of hydrogen-bond donors (Lipinski definition) is 2. The highest BCUT2D eigenvalue weighted by atomic mass is 35.5. The van der Waals surface area contributed by atoms with E-state index in [-0.39, 0.29) is 18.1 Å². The number of alkyl halides is 2. The largest absolute Gasteiger partial charge is 0.479 e. The van der Waals surface area contributed by atoms with Gasteiger partial charge in [-0.25, -0.2) is 4.79 Å². The summed E-state index contributed by atoms with van der Waals surface area (Å²) in [6, 6.07) is 9.52. The van der Waals surface area contributed by atoms with Gasteiger partial charge in [-0.1, -0.05) is 144 Å². The first-order valence-corrected chi connectivity index (χ1v) is 15.5. The first-order valence-electron chi connectivity index (χ1n) is 14.8. The lowest BCUT2D eigenvalue weighted by molar-refractivity contribution is -0.184. The Hall–Kier alpha value is -1.76. The molecule has 3 rings (SSSR count). The van der Waals surface area contributed by atoms with E-state index < -0.39 is 34.6 Å². The van der Waals surface area contributed by atoms with Gasteiger partial charge in [0.05, 0.1) is 12.5 Å². The summed E-state index contributed by atoms with van der Waals surface area (Å²) in [5.41, 5.74) is -1.13. The van der Waals surface area contributed by atoms with E-state index in [1.807, 2.05) is 30.3 Å². The molecule has 0 saturated carbocycles. The van der Waals surface area contributed by atoms with Crippen LogP contribution in [0.4, 0.5) is 0 Å². The van der Waals surface area contributed by atoms with Gasteiger partial charge >= 0.3 is 5.97 Å². The minimum Gasteiger partial charge on any atom is -0.479 e. The van der Waals surface area contributed by atoms with Crippen molar-refractivity contribution >= 4 is 35.1 Å². The second-order valence-electron chi connectivity index (χ2n) is 11.0. The lowest BCUT2D eigenvalue weighted by Gasteiger charge is -2.49. The third-order valence-corrected chi connectivity index (χ3v) is 9.05. The number of benzene rings is 1. The van der Waals surface area contributed by atoms with Crippen LogP contribution in [0.3, 0.4) is 0 Å². The molecule has 0 radical (unpaired) electrons. The van der Waals surface area contributed by atoms with Crippen LogP contribution in [0, 0.1) is 5.92 Å². The molecule has 2 N–H and O–H groups in total. The third-order valence-electron chi connectivity index (χ3n) is 8.13. The number of halogens is 2. The Labute approximate surface area is 243 Å². The van der Waals surface area contributed by atoms with E-state index >= 15 is 0 Å². The zero-order valence-electron chi connectivity index (χ0n) is 23.3. The van der Waals surface area contributed by atoms with Crippen LogP contribution >= 0.6 is 23.2 Å². The molecule has 2 heterocycles. The predicted molar refractivity (Wildman–Crippen MR) is 156 cm³/mol. The van der Waals surface area contributed by atoms with Crippen LogP contribution in [0.25, 0.3) is 0 Å². The molecule has 2 aliphatic rings. The lowest BCUT2D eigenvalue weighted by atomic mass is 9.80. The molecule has 3 atom stereocenters. The number of ether oxygens (including phenoxy) is 1. The highest BCUT2D eigenvalue weighted by Gasteiger charge is 2.75. The molecule has 1 unspecified atom stereocenters. The fourth-order valence-electron chi connectivity index (χ4n) is 5.95. The van der Waals surface area contributed by atoms with E-state index in [0.717, 1.165) is 24.8 Å². The lowest BCUT2D eigenvalue weighted by Crippen LogP contribution is -2.73. The Kier molecular flexibility index (Phi) is 12.5. The molecule has 0 spiro atoms. The van der Waals surface area contributed by atoms with E-state index in [2.05, 4.69) is 6.92 Å². The van der Waals surface area contributed by atoms with Gasteiger partial charge in [0.2, 0.25) is 11.4 Å². The van der Waals surface area contributed by atoms with Gasteiger partial charge < -0.3 is 14.9 Å². The van der Waals surface area contributed by atoms with Crippen molar-refractivity contribution < 1.29 is 24.5 Å². The van der Waals surface area contributed by atoms with Crippen molar-refractivity contribution in [3.05, 3.63) is 47.7 Å². The second-order valence-corrected chi connectivity index (χ2v) is 12.5. The van der Waals surface area contributed by atoms with Crippen LogP contribution in [0.1, 0.15) is 102 Å². The Balaban J connectivity index is 1.53. The molecule has 39 heavy (non-hydrogen) atoms. The first kappa shape index (κ1) is 31.8. The second kappa shape index (κ2) is 15.3. The number of aliphatic hydroxyl groups excluding tert-OH is 1. The molecule has 1 aromatic carbocycles. The van der Waals surface area contributed by atoms with Gasteiger partial charge in [-0.05, 0) is 24.5 Å². The molecular formula is C31H45Cl2NO5. The number of hydrogen-bond acceptors (Lipinski definition) is 4. The zero-order valence-corrected chi connectivity index (χ0v) is 24.8. The molecule has 6 nitrogen and oxygen atoms in total. The van der Waals surface area contributed by atoms with Gasteiger partial charge in [-0.2, -0.15) is 0 Å². The molecule has 2 aliphatic heterocycles. The molecule has 218 valence electrons. The summed E-state index contributed by atoms with van der Waals surface area (Å²) >= 11 is 13.6. The maximum Gasteiger partial charge on any atom is 0.340 e. The Morgan fingerprint density at radius 2 is 1.51 bits per heavy atom. The summed E-state index contributed by atoms with van der Waals surface area (Å²) in [5, 5.41) is 20.1. The van der Waals surface area contributed by atoms with Crippen LogP contribution in [-0.2, 0) is 20.7 Å². The number of nitrogens with zero attached hydrogens (tertiary/aromatic N) is 1. The van der Waals surface area contributed by atoms with Crippen molar-refractivity contribution in [3.63, 3.8) is 0 Å². The average molecular weight is 583 g/mol. The highest BCUT2D eigenvalue weighted by Crippen LogP contribution is 2.57. The fourth-order valence-corrected chi connectivity index (χ4v) is 6.75. The third kappa shape index (κ3) is 7.31. The number of carbonyl (C=O) groups is 2. The van der Waals surface area contributed by atoms with Gasteiger partial charge in [0.15, 0.2) is 10.6 Å². The number of rotatable bonds is 19. The van der Waals surface area contributed by atoms with E-state index in [4.69, 9.17) is 27.9 Å². The number of fused-ring (bicyclic) bond motifs is 1. The van der Waals surface area contributed by atoms with Crippen LogP contribution in [0.5, 0.6) is 0 Å². The van der Waals surface area contributed by atoms with Crippen molar-refractivity contribution in [2.24, 2.45) is 5.92 Å². The predicted octanol–water partition coefficient (Wildman–Crippen LogP) is 7.40. The molecule has 2 fully saturated rings. The van der Waals surface area contributed by atoms with Gasteiger partial charge in [0.1, 0.15) is 5.76 Å². The van der Waals surface area contributed by atoms with Gasteiger partial charge in [0, 0.05) is 0 Å². The number of aliphatic hydroxyl groups is 1. The van der Waals surface area contributed by atoms with Gasteiger partial charge in [-0.3, -0.25) is 9.69 Å². The molecule has 0 bridgehead atoms.